The van der Waals surface area contributed by atoms with Gasteiger partial charge in [0.25, 0.3) is 0 Å². The fraction of sp³-hybridized carbons (Fsp3) is 0.571. The molecule has 0 spiro atoms. The van der Waals surface area contributed by atoms with Gasteiger partial charge in [0.05, 0.1) is 5.69 Å². The van der Waals surface area contributed by atoms with Crippen molar-refractivity contribution in [3.8, 4) is 0 Å². The molecule has 0 atom stereocenters. The van der Waals surface area contributed by atoms with Crippen molar-refractivity contribution >= 4 is 5.69 Å². The number of nitrogens with one attached hydrogen (secondary N) is 1. The number of hydrogen-bond acceptors (Lipinski definition) is 2. The average molecular weight is 238 g/mol. The monoisotopic (exact) mass is 238 g/mol. The summed E-state index contributed by atoms with van der Waals surface area (Å²) in [4.78, 5) is 1.98. The van der Waals surface area contributed by atoms with Gasteiger partial charge in [-0.3, -0.25) is 0 Å². The Kier molecular flexibility index (Phi) is 5.98. The molecule has 0 saturated heterocycles. The molecule has 0 radical (unpaired) electrons. The Balaban J connectivity index is 2.68. The van der Waals surface area contributed by atoms with Gasteiger partial charge in [0.1, 0.15) is 5.82 Å². The van der Waals surface area contributed by atoms with Crippen LogP contribution in [0.15, 0.2) is 18.2 Å². The number of halogens is 1. The van der Waals surface area contributed by atoms with Gasteiger partial charge in [0.2, 0.25) is 0 Å². The maximum Gasteiger partial charge on any atom is 0.146 e. The first-order valence-corrected chi connectivity index (χ1v) is 6.39. The highest BCUT2D eigenvalue weighted by molar-refractivity contribution is 5.48. The second-order valence-electron chi connectivity index (χ2n) is 4.34. The summed E-state index contributed by atoms with van der Waals surface area (Å²) in [5.74, 6) is -0.126. The summed E-state index contributed by atoms with van der Waals surface area (Å²) in [6, 6.07) is 5.49. The van der Waals surface area contributed by atoms with Crippen molar-refractivity contribution in [2.75, 3.05) is 25.0 Å². The van der Waals surface area contributed by atoms with Crippen LogP contribution in [0, 0.1) is 5.82 Å². The van der Waals surface area contributed by atoms with Gasteiger partial charge in [-0.05, 0) is 30.7 Å². The molecule has 0 saturated carbocycles. The largest absolute Gasteiger partial charge is 0.372 e. The van der Waals surface area contributed by atoms with Crippen LogP contribution in [0.3, 0.4) is 0 Å². The van der Waals surface area contributed by atoms with E-state index in [0.29, 0.717) is 5.69 Å². The van der Waals surface area contributed by atoms with Crippen molar-refractivity contribution in [2.45, 2.75) is 33.2 Å². The van der Waals surface area contributed by atoms with Crippen molar-refractivity contribution in [1.82, 2.24) is 5.32 Å². The molecule has 1 aromatic carbocycles. The molecule has 3 heteroatoms. The van der Waals surface area contributed by atoms with E-state index in [1.807, 2.05) is 31.0 Å². The lowest BCUT2D eigenvalue weighted by molar-refractivity contribution is 0.614. The van der Waals surface area contributed by atoms with Gasteiger partial charge in [0.15, 0.2) is 0 Å². The molecule has 1 N–H and O–H groups in total. The summed E-state index contributed by atoms with van der Waals surface area (Å²) in [5, 5.41) is 3.19. The first-order chi connectivity index (χ1) is 8.19. The minimum Gasteiger partial charge on any atom is -0.372 e. The van der Waals surface area contributed by atoms with Crippen LogP contribution in [0.4, 0.5) is 10.1 Å². The van der Waals surface area contributed by atoms with Crippen LogP contribution in [-0.4, -0.2) is 20.1 Å². The zero-order chi connectivity index (χ0) is 12.7. The van der Waals surface area contributed by atoms with E-state index in [1.165, 1.54) is 0 Å². The van der Waals surface area contributed by atoms with Gasteiger partial charge >= 0.3 is 0 Å². The summed E-state index contributed by atoms with van der Waals surface area (Å²) in [5.41, 5.74) is 1.69. The lowest BCUT2D eigenvalue weighted by atomic mass is 10.1. The van der Waals surface area contributed by atoms with Gasteiger partial charge in [-0.25, -0.2) is 4.39 Å². The van der Waals surface area contributed by atoms with Crippen molar-refractivity contribution in [1.29, 1.82) is 0 Å². The standard InChI is InChI=1S/C14H23FN2/c1-4-6-9-17(3)14-8-7-12(10-13(14)15)11-16-5-2/h7-8,10,16H,4-6,9,11H2,1-3H3. The smallest absolute Gasteiger partial charge is 0.146 e. The molecule has 0 fully saturated rings. The van der Waals surface area contributed by atoms with Crippen LogP contribution in [-0.2, 0) is 6.54 Å². The topological polar surface area (TPSA) is 15.3 Å². The molecule has 1 rings (SSSR count). The molecule has 0 amide bonds. The maximum atomic E-state index is 13.9. The molecule has 17 heavy (non-hydrogen) atoms. The van der Waals surface area contributed by atoms with Crippen LogP contribution in [0.2, 0.25) is 0 Å². The maximum absolute atomic E-state index is 13.9. The third-order valence-corrected chi connectivity index (χ3v) is 2.85. The lowest BCUT2D eigenvalue weighted by Gasteiger charge is -2.20. The number of unbranched alkanes of at least 4 members (excludes halogenated alkanes) is 1. The van der Waals surface area contributed by atoms with Gasteiger partial charge < -0.3 is 10.2 Å². The van der Waals surface area contributed by atoms with Crippen molar-refractivity contribution < 1.29 is 4.39 Å². The first-order valence-electron chi connectivity index (χ1n) is 6.39. The Morgan fingerprint density at radius 1 is 1.29 bits per heavy atom. The number of nitrogens with zero attached hydrogens (tertiary/aromatic N) is 1. The Morgan fingerprint density at radius 2 is 2.06 bits per heavy atom. The zero-order valence-electron chi connectivity index (χ0n) is 11.1. The highest BCUT2D eigenvalue weighted by atomic mass is 19.1. The summed E-state index contributed by atoms with van der Waals surface area (Å²) < 4.78 is 13.9. The number of benzene rings is 1. The minimum atomic E-state index is -0.126. The van der Waals surface area contributed by atoms with Gasteiger partial charge in [-0.2, -0.15) is 0 Å². The molecular weight excluding hydrogens is 215 g/mol. The molecule has 0 aliphatic rings. The summed E-state index contributed by atoms with van der Waals surface area (Å²) >= 11 is 0. The highest BCUT2D eigenvalue weighted by Gasteiger charge is 2.07. The SMILES string of the molecule is CCCCN(C)c1ccc(CNCC)cc1F. The molecule has 0 aromatic heterocycles. The predicted molar refractivity (Wildman–Crippen MR) is 72.0 cm³/mol. The van der Waals surface area contributed by atoms with E-state index in [1.54, 1.807) is 6.07 Å². The van der Waals surface area contributed by atoms with Crippen LogP contribution < -0.4 is 10.2 Å². The van der Waals surface area contributed by atoms with E-state index in [4.69, 9.17) is 0 Å². The molecule has 0 unspecified atom stereocenters. The van der Waals surface area contributed by atoms with Crippen LogP contribution >= 0.6 is 0 Å². The van der Waals surface area contributed by atoms with E-state index in [-0.39, 0.29) is 5.82 Å². The predicted octanol–water partition coefficient (Wildman–Crippen LogP) is 3.17. The number of anilines is 1. The molecule has 1 aromatic rings. The first kappa shape index (κ1) is 14.0. The third-order valence-electron chi connectivity index (χ3n) is 2.85. The Morgan fingerprint density at radius 3 is 2.65 bits per heavy atom. The lowest BCUT2D eigenvalue weighted by Crippen LogP contribution is -2.20. The van der Waals surface area contributed by atoms with Gasteiger partial charge in [-0.15, -0.1) is 0 Å². The number of hydrogen-bond donors (Lipinski definition) is 1. The fourth-order valence-corrected chi connectivity index (χ4v) is 1.76. The molecule has 0 aliphatic carbocycles. The quantitative estimate of drug-likeness (QED) is 0.785. The average Bonchev–Trinajstić information content (AvgIpc) is 2.33. The second kappa shape index (κ2) is 7.28. The Bertz CT molecular complexity index is 339. The van der Waals surface area contributed by atoms with E-state index in [9.17, 15) is 4.39 Å². The normalized spacial score (nSPS) is 10.6. The Hall–Kier alpha value is -1.09. The molecular formula is C14H23FN2. The summed E-state index contributed by atoms with van der Waals surface area (Å²) in [7, 11) is 1.94. The van der Waals surface area contributed by atoms with E-state index in [2.05, 4.69) is 12.2 Å². The van der Waals surface area contributed by atoms with Crippen molar-refractivity contribution in [3.63, 3.8) is 0 Å². The minimum absolute atomic E-state index is 0.126. The van der Waals surface area contributed by atoms with Gasteiger partial charge in [0, 0.05) is 20.1 Å². The summed E-state index contributed by atoms with van der Waals surface area (Å²) in [6.07, 6.45) is 2.22. The third kappa shape index (κ3) is 4.35. The van der Waals surface area contributed by atoms with Crippen LogP contribution in [0.25, 0.3) is 0 Å². The molecule has 0 aliphatic heterocycles. The number of rotatable bonds is 7. The Labute approximate surface area is 104 Å². The van der Waals surface area contributed by atoms with Crippen molar-refractivity contribution in [3.05, 3.63) is 29.6 Å². The van der Waals surface area contributed by atoms with Crippen LogP contribution in [0.1, 0.15) is 32.3 Å². The molecule has 0 heterocycles. The van der Waals surface area contributed by atoms with Crippen molar-refractivity contribution in [2.24, 2.45) is 0 Å². The highest BCUT2D eigenvalue weighted by Crippen LogP contribution is 2.19. The summed E-state index contributed by atoms with van der Waals surface area (Å²) in [6.45, 7) is 6.72. The fourth-order valence-electron chi connectivity index (χ4n) is 1.76. The molecule has 2 nitrogen and oxygen atoms in total. The van der Waals surface area contributed by atoms with E-state index >= 15 is 0 Å². The van der Waals surface area contributed by atoms with Crippen LogP contribution in [0.5, 0.6) is 0 Å². The second-order valence-corrected chi connectivity index (χ2v) is 4.34. The van der Waals surface area contributed by atoms with Gasteiger partial charge in [-0.1, -0.05) is 26.3 Å². The zero-order valence-corrected chi connectivity index (χ0v) is 11.1. The van der Waals surface area contributed by atoms with E-state index < -0.39 is 0 Å². The molecule has 96 valence electrons. The molecule has 0 bridgehead atoms. The van der Waals surface area contributed by atoms with E-state index in [0.717, 1.165) is 38.0 Å².